The standard InChI is InChI=1S/C15H15BrN2O2/c1-10-8-12(16)9-17-14(10)18-15(19)13(20-2)11-6-4-3-5-7-11/h3-9,13H,1-2H3,(H,17,18,19). The molecule has 0 aliphatic rings. The van der Waals surface area contributed by atoms with Gasteiger partial charge in [-0.15, -0.1) is 0 Å². The van der Waals surface area contributed by atoms with Crippen LogP contribution in [0, 0.1) is 6.92 Å². The Kier molecular flexibility index (Phi) is 4.87. The molecule has 1 aromatic heterocycles. The highest BCUT2D eigenvalue weighted by atomic mass is 79.9. The predicted molar refractivity (Wildman–Crippen MR) is 81.5 cm³/mol. The van der Waals surface area contributed by atoms with Gasteiger partial charge in [-0.1, -0.05) is 30.3 Å². The number of halogens is 1. The Labute approximate surface area is 126 Å². The maximum Gasteiger partial charge on any atom is 0.259 e. The fourth-order valence-electron chi connectivity index (χ4n) is 1.88. The van der Waals surface area contributed by atoms with Gasteiger partial charge in [-0.05, 0) is 40.0 Å². The molecule has 1 atom stereocenters. The van der Waals surface area contributed by atoms with E-state index in [1.54, 1.807) is 6.20 Å². The number of aryl methyl sites for hydroxylation is 1. The van der Waals surface area contributed by atoms with Crippen molar-refractivity contribution in [2.45, 2.75) is 13.0 Å². The van der Waals surface area contributed by atoms with E-state index < -0.39 is 6.10 Å². The van der Waals surface area contributed by atoms with Crippen molar-refractivity contribution in [1.29, 1.82) is 0 Å². The van der Waals surface area contributed by atoms with Crippen LogP contribution in [0.15, 0.2) is 47.1 Å². The molecule has 4 nitrogen and oxygen atoms in total. The Morgan fingerprint density at radius 3 is 2.65 bits per heavy atom. The smallest absolute Gasteiger partial charge is 0.259 e. The second-order valence-corrected chi connectivity index (χ2v) is 5.25. The van der Waals surface area contributed by atoms with Crippen molar-refractivity contribution in [1.82, 2.24) is 4.98 Å². The largest absolute Gasteiger partial charge is 0.367 e. The fraction of sp³-hybridized carbons (Fsp3) is 0.200. The first-order chi connectivity index (χ1) is 9.61. The van der Waals surface area contributed by atoms with Gasteiger partial charge in [0.05, 0.1) is 0 Å². The molecule has 2 rings (SSSR count). The second kappa shape index (κ2) is 6.63. The molecule has 5 heteroatoms. The lowest BCUT2D eigenvalue weighted by Gasteiger charge is -2.16. The van der Waals surface area contributed by atoms with Crippen LogP contribution in [0.5, 0.6) is 0 Å². The van der Waals surface area contributed by atoms with Gasteiger partial charge < -0.3 is 10.1 Å². The van der Waals surface area contributed by atoms with Crippen LogP contribution >= 0.6 is 15.9 Å². The lowest BCUT2D eigenvalue weighted by Crippen LogP contribution is -2.23. The Hall–Kier alpha value is -1.72. The SMILES string of the molecule is COC(C(=O)Nc1ncc(Br)cc1C)c1ccccc1. The summed E-state index contributed by atoms with van der Waals surface area (Å²) in [6.07, 6.45) is 0.994. The lowest BCUT2D eigenvalue weighted by molar-refractivity contribution is -0.126. The Balaban J connectivity index is 2.18. The lowest BCUT2D eigenvalue weighted by atomic mass is 10.1. The van der Waals surface area contributed by atoms with E-state index in [0.717, 1.165) is 15.6 Å². The van der Waals surface area contributed by atoms with Gasteiger partial charge in [0.2, 0.25) is 0 Å². The monoisotopic (exact) mass is 334 g/mol. The quantitative estimate of drug-likeness (QED) is 0.931. The van der Waals surface area contributed by atoms with Crippen molar-refractivity contribution < 1.29 is 9.53 Å². The van der Waals surface area contributed by atoms with E-state index in [4.69, 9.17) is 4.74 Å². The maximum atomic E-state index is 12.3. The maximum absolute atomic E-state index is 12.3. The third-order valence-corrected chi connectivity index (χ3v) is 3.30. The van der Waals surface area contributed by atoms with E-state index in [1.165, 1.54) is 7.11 Å². The minimum Gasteiger partial charge on any atom is -0.367 e. The number of amides is 1. The highest BCUT2D eigenvalue weighted by molar-refractivity contribution is 9.10. The molecule has 1 unspecified atom stereocenters. The zero-order valence-electron chi connectivity index (χ0n) is 11.3. The zero-order valence-corrected chi connectivity index (χ0v) is 12.8. The van der Waals surface area contributed by atoms with Crippen molar-refractivity contribution in [3.8, 4) is 0 Å². The molecule has 1 N–H and O–H groups in total. The van der Waals surface area contributed by atoms with Gasteiger partial charge in [0.15, 0.2) is 6.10 Å². The third kappa shape index (κ3) is 3.43. The van der Waals surface area contributed by atoms with Gasteiger partial charge in [-0.2, -0.15) is 0 Å². The number of ether oxygens (including phenoxy) is 1. The molecule has 0 saturated heterocycles. The number of pyridine rings is 1. The molecule has 104 valence electrons. The van der Waals surface area contributed by atoms with Gasteiger partial charge in [-0.3, -0.25) is 4.79 Å². The van der Waals surface area contributed by atoms with E-state index in [1.807, 2.05) is 43.3 Å². The molecule has 1 heterocycles. The van der Waals surface area contributed by atoms with E-state index in [9.17, 15) is 4.79 Å². The molecule has 1 aromatic carbocycles. The number of nitrogens with one attached hydrogen (secondary N) is 1. The van der Waals surface area contributed by atoms with Crippen LogP contribution in [-0.4, -0.2) is 18.0 Å². The summed E-state index contributed by atoms with van der Waals surface area (Å²) in [5.74, 6) is 0.299. The number of benzene rings is 1. The van der Waals surface area contributed by atoms with Crippen LogP contribution < -0.4 is 5.32 Å². The number of aromatic nitrogens is 1. The topological polar surface area (TPSA) is 51.2 Å². The van der Waals surface area contributed by atoms with Crippen LogP contribution in [0.2, 0.25) is 0 Å². The van der Waals surface area contributed by atoms with Crippen molar-refractivity contribution in [2.24, 2.45) is 0 Å². The van der Waals surface area contributed by atoms with Gasteiger partial charge in [0.1, 0.15) is 5.82 Å². The van der Waals surface area contributed by atoms with E-state index in [-0.39, 0.29) is 5.91 Å². The minimum atomic E-state index is -0.652. The van der Waals surface area contributed by atoms with Crippen LogP contribution in [0.25, 0.3) is 0 Å². The predicted octanol–water partition coefficient (Wildman–Crippen LogP) is 3.48. The number of nitrogens with zero attached hydrogens (tertiary/aromatic N) is 1. The number of anilines is 1. The summed E-state index contributed by atoms with van der Waals surface area (Å²) in [7, 11) is 1.51. The average Bonchev–Trinajstić information content (AvgIpc) is 2.44. The first kappa shape index (κ1) is 14.7. The van der Waals surface area contributed by atoms with Crippen LogP contribution in [0.3, 0.4) is 0 Å². The van der Waals surface area contributed by atoms with Gasteiger partial charge in [0, 0.05) is 17.8 Å². The Morgan fingerprint density at radius 1 is 1.35 bits per heavy atom. The molecule has 1 amide bonds. The van der Waals surface area contributed by atoms with Gasteiger partial charge in [-0.25, -0.2) is 4.98 Å². The van der Waals surface area contributed by atoms with Crippen molar-refractivity contribution in [3.63, 3.8) is 0 Å². The summed E-state index contributed by atoms with van der Waals surface area (Å²) < 4.78 is 6.16. The first-order valence-electron chi connectivity index (χ1n) is 6.12. The van der Waals surface area contributed by atoms with E-state index in [2.05, 4.69) is 26.2 Å². The zero-order chi connectivity index (χ0) is 14.5. The summed E-state index contributed by atoms with van der Waals surface area (Å²) in [6, 6.07) is 11.3. The minimum absolute atomic E-state index is 0.239. The number of hydrogen-bond acceptors (Lipinski definition) is 3. The molecular formula is C15H15BrN2O2. The van der Waals surface area contributed by atoms with Crippen LogP contribution in [0.1, 0.15) is 17.2 Å². The molecule has 0 spiro atoms. The molecule has 0 fully saturated rings. The molecule has 2 aromatic rings. The molecule has 0 aliphatic heterocycles. The van der Waals surface area contributed by atoms with Gasteiger partial charge in [0.25, 0.3) is 5.91 Å². The highest BCUT2D eigenvalue weighted by Crippen LogP contribution is 2.21. The van der Waals surface area contributed by atoms with Crippen molar-refractivity contribution >= 4 is 27.7 Å². The van der Waals surface area contributed by atoms with Gasteiger partial charge >= 0.3 is 0 Å². The average molecular weight is 335 g/mol. The highest BCUT2D eigenvalue weighted by Gasteiger charge is 2.20. The van der Waals surface area contributed by atoms with Crippen molar-refractivity contribution in [3.05, 3.63) is 58.2 Å². The number of carbonyl (C=O) groups is 1. The Bertz CT molecular complexity index is 602. The second-order valence-electron chi connectivity index (χ2n) is 4.33. The normalized spacial score (nSPS) is 11.9. The number of rotatable bonds is 4. The number of carbonyl (C=O) groups excluding carboxylic acids is 1. The fourth-order valence-corrected chi connectivity index (χ4v) is 2.32. The molecule has 0 saturated carbocycles. The van der Waals surface area contributed by atoms with Crippen LogP contribution in [0.4, 0.5) is 5.82 Å². The molecule has 0 aliphatic carbocycles. The molecule has 0 radical (unpaired) electrons. The third-order valence-electron chi connectivity index (χ3n) is 2.86. The van der Waals surface area contributed by atoms with E-state index in [0.29, 0.717) is 5.82 Å². The summed E-state index contributed by atoms with van der Waals surface area (Å²) >= 11 is 3.34. The molecular weight excluding hydrogens is 320 g/mol. The van der Waals surface area contributed by atoms with Crippen LogP contribution in [-0.2, 0) is 9.53 Å². The summed E-state index contributed by atoms with van der Waals surface area (Å²) in [5, 5.41) is 2.79. The first-order valence-corrected chi connectivity index (χ1v) is 6.92. The summed E-state index contributed by atoms with van der Waals surface area (Å²) in [4.78, 5) is 16.5. The Morgan fingerprint density at radius 2 is 2.05 bits per heavy atom. The number of methoxy groups -OCH3 is 1. The molecule has 20 heavy (non-hydrogen) atoms. The number of hydrogen-bond donors (Lipinski definition) is 1. The summed E-state index contributed by atoms with van der Waals surface area (Å²) in [6.45, 7) is 1.89. The molecule has 0 bridgehead atoms. The summed E-state index contributed by atoms with van der Waals surface area (Å²) in [5.41, 5.74) is 1.69. The van der Waals surface area contributed by atoms with Crippen molar-refractivity contribution in [2.75, 3.05) is 12.4 Å². The van der Waals surface area contributed by atoms with E-state index >= 15 is 0 Å².